The van der Waals surface area contributed by atoms with Crippen LogP contribution in [-0.4, -0.2) is 56.0 Å². The molecular formula is C18H24ClN3O2. The molecule has 24 heavy (non-hydrogen) atoms. The second kappa shape index (κ2) is 7.71. The first-order chi connectivity index (χ1) is 11.7. The van der Waals surface area contributed by atoms with E-state index in [1.165, 1.54) is 0 Å². The molecule has 2 fully saturated rings. The number of rotatable bonds is 6. The monoisotopic (exact) mass is 349 g/mol. The fourth-order valence-corrected chi connectivity index (χ4v) is 3.90. The van der Waals surface area contributed by atoms with E-state index in [4.69, 9.17) is 26.3 Å². The van der Waals surface area contributed by atoms with E-state index in [1.807, 2.05) is 19.1 Å². The number of nitrogens with one attached hydrogen (secondary N) is 1. The molecule has 0 bridgehead atoms. The molecule has 1 aromatic rings. The smallest absolute Gasteiger partial charge is 0.101 e. The van der Waals surface area contributed by atoms with Crippen molar-refractivity contribution in [2.24, 2.45) is 0 Å². The van der Waals surface area contributed by atoms with Gasteiger partial charge in [0.05, 0.1) is 29.9 Å². The molecule has 1 aromatic carbocycles. The Morgan fingerprint density at radius 2 is 2.17 bits per heavy atom. The van der Waals surface area contributed by atoms with Gasteiger partial charge in [0, 0.05) is 37.5 Å². The summed E-state index contributed by atoms with van der Waals surface area (Å²) < 4.78 is 11.3. The normalized spacial score (nSPS) is 27.3. The Bertz CT molecular complexity index is 605. The van der Waals surface area contributed by atoms with E-state index in [1.54, 1.807) is 6.07 Å². The fourth-order valence-electron chi connectivity index (χ4n) is 3.68. The SMILES string of the molecule is CCOC1CC(CNc2ccc(C#N)c(Cl)c2)(N2CCOCC2)C1. The second-order valence-electron chi connectivity index (χ2n) is 6.47. The minimum Gasteiger partial charge on any atom is -0.383 e. The van der Waals surface area contributed by atoms with Crippen LogP contribution in [0, 0.1) is 11.3 Å². The van der Waals surface area contributed by atoms with E-state index < -0.39 is 0 Å². The molecule has 6 heteroatoms. The number of hydrogen-bond donors (Lipinski definition) is 1. The molecular weight excluding hydrogens is 326 g/mol. The summed E-state index contributed by atoms with van der Waals surface area (Å²) >= 11 is 6.13. The summed E-state index contributed by atoms with van der Waals surface area (Å²) in [5.41, 5.74) is 1.57. The third-order valence-corrected chi connectivity index (χ3v) is 5.32. The minimum atomic E-state index is 0.115. The average molecular weight is 350 g/mol. The first-order valence-electron chi connectivity index (χ1n) is 8.55. The van der Waals surface area contributed by atoms with Gasteiger partial charge in [-0.05, 0) is 38.0 Å². The number of nitrogens with zero attached hydrogens (tertiary/aromatic N) is 2. The average Bonchev–Trinajstić information content (AvgIpc) is 2.58. The summed E-state index contributed by atoms with van der Waals surface area (Å²) in [4.78, 5) is 2.53. The van der Waals surface area contributed by atoms with Gasteiger partial charge in [0.25, 0.3) is 0 Å². The number of anilines is 1. The molecule has 1 saturated carbocycles. The Morgan fingerprint density at radius 3 is 2.79 bits per heavy atom. The van der Waals surface area contributed by atoms with Crippen LogP contribution in [0.5, 0.6) is 0 Å². The molecule has 0 atom stereocenters. The number of hydrogen-bond acceptors (Lipinski definition) is 5. The lowest BCUT2D eigenvalue weighted by atomic mass is 9.72. The van der Waals surface area contributed by atoms with Gasteiger partial charge in [-0.15, -0.1) is 0 Å². The van der Waals surface area contributed by atoms with Crippen LogP contribution >= 0.6 is 11.6 Å². The van der Waals surface area contributed by atoms with Crippen LogP contribution in [0.1, 0.15) is 25.3 Å². The van der Waals surface area contributed by atoms with E-state index >= 15 is 0 Å². The van der Waals surface area contributed by atoms with Crippen LogP contribution in [0.15, 0.2) is 18.2 Å². The Labute approximate surface area is 148 Å². The maximum atomic E-state index is 8.98. The van der Waals surface area contributed by atoms with Crippen molar-refractivity contribution in [2.75, 3.05) is 44.8 Å². The van der Waals surface area contributed by atoms with Crippen molar-refractivity contribution in [1.29, 1.82) is 5.26 Å². The fraction of sp³-hybridized carbons (Fsp3) is 0.611. The van der Waals surface area contributed by atoms with Crippen molar-refractivity contribution in [3.05, 3.63) is 28.8 Å². The van der Waals surface area contributed by atoms with Crippen molar-refractivity contribution in [1.82, 2.24) is 4.90 Å². The molecule has 130 valence electrons. The van der Waals surface area contributed by atoms with Crippen LogP contribution in [0.3, 0.4) is 0 Å². The molecule has 5 nitrogen and oxygen atoms in total. The molecule has 1 saturated heterocycles. The van der Waals surface area contributed by atoms with Crippen molar-refractivity contribution >= 4 is 17.3 Å². The van der Waals surface area contributed by atoms with E-state index in [-0.39, 0.29) is 5.54 Å². The van der Waals surface area contributed by atoms with E-state index in [9.17, 15) is 0 Å². The number of halogens is 1. The Hall–Kier alpha value is -1.32. The summed E-state index contributed by atoms with van der Waals surface area (Å²) in [6.07, 6.45) is 2.43. The van der Waals surface area contributed by atoms with Crippen LogP contribution in [0.4, 0.5) is 5.69 Å². The summed E-state index contributed by atoms with van der Waals surface area (Å²) in [5.74, 6) is 0. The van der Waals surface area contributed by atoms with Crippen LogP contribution in [0.25, 0.3) is 0 Å². The maximum Gasteiger partial charge on any atom is 0.101 e. The molecule has 0 amide bonds. The predicted molar refractivity (Wildman–Crippen MR) is 94.4 cm³/mol. The third-order valence-electron chi connectivity index (χ3n) is 5.01. The zero-order chi connectivity index (χ0) is 17.0. The number of ether oxygens (including phenoxy) is 2. The summed E-state index contributed by atoms with van der Waals surface area (Å²) in [5, 5.41) is 13.0. The lowest BCUT2D eigenvalue weighted by Gasteiger charge is -2.55. The summed E-state index contributed by atoms with van der Waals surface area (Å²) in [7, 11) is 0. The summed E-state index contributed by atoms with van der Waals surface area (Å²) in [6.45, 7) is 7.18. The minimum absolute atomic E-state index is 0.115. The highest BCUT2D eigenvalue weighted by molar-refractivity contribution is 6.32. The van der Waals surface area contributed by atoms with Crippen LogP contribution < -0.4 is 5.32 Å². The standard InChI is InChI=1S/C18H24ClN3O2/c1-2-24-16-10-18(11-16,22-5-7-23-8-6-22)13-21-15-4-3-14(12-20)17(19)9-15/h3-4,9,16,21H,2,5-8,10-11,13H2,1H3. The van der Waals surface area contributed by atoms with E-state index in [0.29, 0.717) is 16.7 Å². The molecule has 1 aliphatic carbocycles. The highest BCUT2D eigenvalue weighted by Gasteiger charge is 2.49. The van der Waals surface area contributed by atoms with E-state index in [2.05, 4.69) is 16.3 Å². The first kappa shape index (κ1) is 17.5. The molecule has 3 rings (SSSR count). The van der Waals surface area contributed by atoms with Gasteiger partial charge in [-0.2, -0.15) is 5.26 Å². The van der Waals surface area contributed by atoms with Crippen molar-refractivity contribution < 1.29 is 9.47 Å². The molecule has 0 radical (unpaired) electrons. The van der Waals surface area contributed by atoms with Crippen molar-refractivity contribution in [2.45, 2.75) is 31.4 Å². The Morgan fingerprint density at radius 1 is 1.42 bits per heavy atom. The van der Waals surface area contributed by atoms with Gasteiger partial charge in [-0.3, -0.25) is 4.90 Å². The molecule has 1 heterocycles. The van der Waals surface area contributed by atoms with Crippen molar-refractivity contribution in [3.8, 4) is 6.07 Å². The molecule has 1 aliphatic heterocycles. The van der Waals surface area contributed by atoms with Gasteiger partial charge in [0.15, 0.2) is 0 Å². The molecule has 0 aromatic heterocycles. The predicted octanol–water partition coefficient (Wildman–Crippen LogP) is 2.89. The van der Waals surface area contributed by atoms with Crippen LogP contribution in [-0.2, 0) is 9.47 Å². The quantitative estimate of drug-likeness (QED) is 0.855. The van der Waals surface area contributed by atoms with Crippen molar-refractivity contribution in [3.63, 3.8) is 0 Å². The molecule has 0 spiro atoms. The van der Waals surface area contributed by atoms with E-state index in [0.717, 1.165) is 58.0 Å². The highest BCUT2D eigenvalue weighted by atomic mass is 35.5. The number of nitriles is 1. The third kappa shape index (κ3) is 3.68. The second-order valence-corrected chi connectivity index (χ2v) is 6.88. The Balaban J connectivity index is 1.66. The number of benzene rings is 1. The molecule has 2 aliphatic rings. The first-order valence-corrected chi connectivity index (χ1v) is 8.92. The number of morpholine rings is 1. The topological polar surface area (TPSA) is 57.5 Å². The van der Waals surface area contributed by atoms with Gasteiger partial charge >= 0.3 is 0 Å². The van der Waals surface area contributed by atoms with Gasteiger partial charge in [0.1, 0.15) is 6.07 Å². The molecule has 0 unspecified atom stereocenters. The maximum absolute atomic E-state index is 8.98. The lowest BCUT2D eigenvalue weighted by molar-refractivity contribution is -0.121. The van der Waals surface area contributed by atoms with Gasteiger partial charge in [-0.1, -0.05) is 11.6 Å². The highest BCUT2D eigenvalue weighted by Crippen LogP contribution is 2.40. The zero-order valence-electron chi connectivity index (χ0n) is 14.1. The summed E-state index contributed by atoms with van der Waals surface area (Å²) in [6, 6.07) is 7.59. The lowest BCUT2D eigenvalue weighted by Crippen LogP contribution is -2.65. The molecule has 1 N–H and O–H groups in total. The zero-order valence-corrected chi connectivity index (χ0v) is 14.8. The van der Waals surface area contributed by atoms with Gasteiger partial charge in [-0.25, -0.2) is 0 Å². The largest absolute Gasteiger partial charge is 0.383 e. The Kier molecular flexibility index (Phi) is 5.62. The van der Waals surface area contributed by atoms with Crippen LogP contribution in [0.2, 0.25) is 5.02 Å². The van der Waals surface area contributed by atoms with Gasteiger partial charge in [0.2, 0.25) is 0 Å². The van der Waals surface area contributed by atoms with Gasteiger partial charge < -0.3 is 14.8 Å².